The summed E-state index contributed by atoms with van der Waals surface area (Å²) in [6.07, 6.45) is 4.04. The molecule has 1 aromatic carbocycles. The minimum Gasteiger partial charge on any atom is -0.380 e. The highest BCUT2D eigenvalue weighted by molar-refractivity contribution is 5.82. The van der Waals surface area contributed by atoms with Gasteiger partial charge < -0.3 is 4.74 Å². The van der Waals surface area contributed by atoms with E-state index in [4.69, 9.17) is 4.74 Å². The monoisotopic (exact) mass is 174 g/mol. The van der Waals surface area contributed by atoms with Crippen LogP contribution in [0.3, 0.4) is 0 Å². The molecule has 1 heterocycles. The fourth-order valence-corrected chi connectivity index (χ4v) is 1.54. The molecule has 2 nitrogen and oxygen atoms in total. The third-order valence-electron chi connectivity index (χ3n) is 2.17. The topological polar surface area (TPSA) is 21.6 Å². The first kappa shape index (κ1) is 8.45. The van der Waals surface area contributed by atoms with Crippen LogP contribution in [0.1, 0.15) is 16.7 Å². The number of nitrogens with zero attached hydrogens (tertiary/aromatic N) is 1. The van der Waals surface area contributed by atoms with Crippen LogP contribution >= 0.6 is 0 Å². The Hall–Kier alpha value is -1.15. The van der Waals surface area contributed by atoms with Crippen LogP contribution < -0.4 is 0 Å². The van der Waals surface area contributed by atoms with E-state index in [9.17, 15) is 0 Å². The average molecular weight is 174 g/mol. The lowest BCUT2D eigenvalue weighted by Gasteiger charge is -2.10. The molecule has 0 N–H and O–H groups in total. The molecule has 0 saturated heterocycles. The number of methoxy groups -OCH3 is 1. The molecule has 2 heteroatoms. The van der Waals surface area contributed by atoms with Gasteiger partial charge in [0, 0.05) is 19.2 Å². The Morgan fingerprint density at radius 3 is 3.31 bits per heavy atom. The normalized spacial score (nSPS) is 14.2. The number of hydrogen-bond donors (Lipinski definition) is 0. The maximum absolute atomic E-state index is 5.08. The van der Waals surface area contributed by atoms with Crippen molar-refractivity contribution < 1.29 is 4.74 Å². The van der Waals surface area contributed by atoms with E-state index in [1.165, 1.54) is 11.1 Å². The Balaban J connectivity index is 2.31. The Kier molecular flexibility index (Phi) is 2.41. The summed E-state index contributed by atoms with van der Waals surface area (Å²) in [5, 5.41) is 0. The van der Waals surface area contributed by atoms with Gasteiger partial charge in [0.1, 0.15) is 0 Å². The second kappa shape index (κ2) is 3.71. The van der Waals surface area contributed by atoms with Crippen LogP contribution in [-0.2, 0) is 17.8 Å². The molecule has 0 bridgehead atoms. The molecule has 1 aliphatic rings. The van der Waals surface area contributed by atoms with Crippen LogP contribution in [0.5, 0.6) is 0 Å². The summed E-state index contributed by atoms with van der Waals surface area (Å²) in [6.45, 7) is 1.55. The molecule has 0 unspecified atom stereocenters. The number of rotatable bonds is 2. The van der Waals surface area contributed by atoms with Crippen molar-refractivity contribution >= 4 is 6.21 Å². The van der Waals surface area contributed by atoms with E-state index < -0.39 is 0 Å². The quantitative estimate of drug-likeness (QED) is 0.668. The lowest BCUT2D eigenvalue weighted by Crippen LogP contribution is -2.03. The van der Waals surface area contributed by atoms with Crippen LogP contribution in [0.25, 0.3) is 0 Å². The standard InChI is InChI=1S/C11H12NO/c1-13-8-9-2-3-11-7-12-5-4-10(11)6-9/h2-3,6H,4-5,8H2,1H3. The highest BCUT2D eigenvalue weighted by atomic mass is 16.5. The first-order valence-electron chi connectivity index (χ1n) is 4.43. The van der Waals surface area contributed by atoms with E-state index in [-0.39, 0.29) is 0 Å². The highest BCUT2D eigenvalue weighted by Crippen LogP contribution is 2.14. The lowest BCUT2D eigenvalue weighted by molar-refractivity contribution is 0.185. The maximum Gasteiger partial charge on any atom is 0.0907 e. The molecule has 0 atom stereocenters. The minimum absolute atomic E-state index is 0.685. The summed E-state index contributed by atoms with van der Waals surface area (Å²) in [7, 11) is 1.72. The van der Waals surface area contributed by atoms with Gasteiger partial charge in [0.2, 0.25) is 0 Å². The molecule has 0 fully saturated rings. The van der Waals surface area contributed by atoms with Gasteiger partial charge in [-0.15, -0.1) is 0 Å². The molecule has 0 aromatic heterocycles. The number of benzene rings is 1. The second-order valence-electron chi connectivity index (χ2n) is 3.17. The van der Waals surface area contributed by atoms with Crippen molar-refractivity contribution in [2.75, 3.05) is 13.7 Å². The van der Waals surface area contributed by atoms with E-state index in [0.29, 0.717) is 6.61 Å². The number of ether oxygens (including phenoxy) is 1. The summed E-state index contributed by atoms with van der Waals surface area (Å²) < 4.78 is 5.08. The Morgan fingerprint density at radius 2 is 2.46 bits per heavy atom. The SMILES string of the molecule is COCc1ccc2c(c1)CCN=[C]2. The molecule has 0 spiro atoms. The zero-order valence-corrected chi connectivity index (χ0v) is 7.71. The van der Waals surface area contributed by atoms with Crippen LogP contribution in [0.4, 0.5) is 0 Å². The Bertz CT molecular complexity index is 331. The van der Waals surface area contributed by atoms with Crippen molar-refractivity contribution in [1.29, 1.82) is 0 Å². The fourth-order valence-electron chi connectivity index (χ4n) is 1.54. The van der Waals surface area contributed by atoms with Crippen LogP contribution in [-0.4, -0.2) is 19.9 Å². The molecule has 0 aliphatic carbocycles. The summed E-state index contributed by atoms with van der Waals surface area (Å²) >= 11 is 0. The van der Waals surface area contributed by atoms with Crippen LogP contribution in [0, 0.1) is 0 Å². The maximum atomic E-state index is 5.08. The van der Waals surface area contributed by atoms with Crippen LogP contribution in [0.15, 0.2) is 23.2 Å². The van der Waals surface area contributed by atoms with Crippen molar-refractivity contribution in [2.24, 2.45) is 4.99 Å². The van der Waals surface area contributed by atoms with E-state index in [0.717, 1.165) is 18.5 Å². The van der Waals surface area contributed by atoms with E-state index in [2.05, 4.69) is 29.4 Å². The summed E-state index contributed by atoms with van der Waals surface area (Å²) in [5.74, 6) is 0. The molecule has 1 radical (unpaired) electrons. The number of aliphatic imine (C=N–C) groups is 1. The van der Waals surface area contributed by atoms with Gasteiger partial charge in [-0.1, -0.05) is 18.2 Å². The second-order valence-corrected chi connectivity index (χ2v) is 3.17. The van der Waals surface area contributed by atoms with Gasteiger partial charge in [-0.05, 0) is 17.5 Å². The third kappa shape index (κ3) is 1.78. The van der Waals surface area contributed by atoms with Gasteiger partial charge in [0.25, 0.3) is 0 Å². The van der Waals surface area contributed by atoms with Gasteiger partial charge in [0.05, 0.1) is 12.8 Å². The van der Waals surface area contributed by atoms with Crippen molar-refractivity contribution in [2.45, 2.75) is 13.0 Å². The average Bonchev–Trinajstić information content (AvgIpc) is 2.18. The predicted octanol–water partition coefficient (Wildman–Crippen LogP) is 1.69. The minimum atomic E-state index is 0.685. The van der Waals surface area contributed by atoms with Crippen LogP contribution in [0.2, 0.25) is 0 Å². The number of fused-ring (bicyclic) bond motifs is 1. The fraction of sp³-hybridized carbons (Fsp3) is 0.364. The molecular weight excluding hydrogens is 162 g/mol. The molecule has 67 valence electrons. The summed E-state index contributed by atoms with van der Waals surface area (Å²) in [4.78, 5) is 4.11. The van der Waals surface area contributed by atoms with Crippen molar-refractivity contribution in [3.05, 3.63) is 34.9 Å². The molecule has 1 aliphatic heterocycles. The predicted molar refractivity (Wildman–Crippen MR) is 52.3 cm³/mol. The van der Waals surface area contributed by atoms with Gasteiger partial charge in [-0.2, -0.15) is 0 Å². The molecule has 2 rings (SSSR count). The molecule has 13 heavy (non-hydrogen) atoms. The van der Waals surface area contributed by atoms with E-state index >= 15 is 0 Å². The van der Waals surface area contributed by atoms with Gasteiger partial charge in [0.15, 0.2) is 0 Å². The lowest BCUT2D eigenvalue weighted by atomic mass is 10.0. The Labute approximate surface area is 78.3 Å². The first-order chi connectivity index (χ1) is 6.40. The smallest absolute Gasteiger partial charge is 0.0907 e. The molecular formula is C11H12NO. The number of hydrogen-bond acceptors (Lipinski definition) is 2. The first-order valence-corrected chi connectivity index (χ1v) is 4.43. The molecule has 0 amide bonds. The zero-order chi connectivity index (χ0) is 9.10. The summed E-state index contributed by atoms with van der Waals surface area (Å²) in [6, 6.07) is 6.31. The van der Waals surface area contributed by atoms with Crippen molar-refractivity contribution in [3.8, 4) is 0 Å². The third-order valence-corrected chi connectivity index (χ3v) is 2.17. The largest absolute Gasteiger partial charge is 0.380 e. The molecule has 1 aromatic rings. The van der Waals surface area contributed by atoms with Gasteiger partial charge in [-0.25, -0.2) is 0 Å². The highest BCUT2D eigenvalue weighted by Gasteiger charge is 2.05. The zero-order valence-electron chi connectivity index (χ0n) is 7.71. The van der Waals surface area contributed by atoms with Gasteiger partial charge >= 0.3 is 0 Å². The van der Waals surface area contributed by atoms with Gasteiger partial charge in [-0.3, -0.25) is 4.99 Å². The van der Waals surface area contributed by atoms with E-state index in [1.807, 2.05) is 0 Å². The van der Waals surface area contributed by atoms with E-state index in [1.54, 1.807) is 7.11 Å². The Morgan fingerprint density at radius 1 is 1.54 bits per heavy atom. The summed E-state index contributed by atoms with van der Waals surface area (Å²) in [5.41, 5.74) is 3.70. The van der Waals surface area contributed by atoms with Crippen molar-refractivity contribution in [3.63, 3.8) is 0 Å². The molecule has 0 saturated carbocycles. The van der Waals surface area contributed by atoms with Crippen molar-refractivity contribution in [1.82, 2.24) is 0 Å².